The van der Waals surface area contributed by atoms with Gasteiger partial charge in [-0.25, -0.2) is 13.4 Å². The Morgan fingerprint density at radius 2 is 2.18 bits per heavy atom. The van der Waals surface area contributed by atoms with Crippen LogP contribution in [0.2, 0.25) is 0 Å². The Hall–Kier alpha value is -1.18. The van der Waals surface area contributed by atoms with E-state index in [0.717, 1.165) is 0 Å². The Kier molecular flexibility index (Phi) is 4.86. The second-order valence-corrected chi connectivity index (χ2v) is 5.49. The standard InChI is InChI=1S/C10H17N3O3S/c1-11-10-5-4-9(8-12-10)17(14,15)13(2)6-7-16-3/h4-5,8H,6-7H2,1-3H3,(H,11,12). The van der Waals surface area contributed by atoms with E-state index in [0.29, 0.717) is 19.0 Å². The van der Waals surface area contributed by atoms with Gasteiger partial charge in [0, 0.05) is 33.9 Å². The minimum absolute atomic E-state index is 0.176. The summed E-state index contributed by atoms with van der Waals surface area (Å²) >= 11 is 0. The maximum Gasteiger partial charge on any atom is 0.244 e. The molecule has 1 aromatic rings. The lowest BCUT2D eigenvalue weighted by Crippen LogP contribution is -2.30. The summed E-state index contributed by atoms with van der Waals surface area (Å²) in [6, 6.07) is 3.15. The molecule has 0 aliphatic carbocycles. The van der Waals surface area contributed by atoms with Crippen LogP contribution in [0, 0.1) is 0 Å². The third kappa shape index (κ3) is 3.39. The van der Waals surface area contributed by atoms with Gasteiger partial charge in [-0.15, -0.1) is 0 Å². The van der Waals surface area contributed by atoms with E-state index >= 15 is 0 Å². The zero-order valence-electron chi connectivity index (χ0n) is 10.2. The van der Waals surface area contributed by atoms with E-state index in [-0.39, 0.29) is 4.90 Å². The molecule has 0 radical (unpaired) electrons. The van der Waals surface area contributed by atoms with Gasteiger partial charge in [0.25, 0.3) is 0 Å². The number of anilines is 1. The minimum atomic E-state index is -3.47. The number of likely N-dealkylation sites (N-methyl/N-ethyl adjacent to an activating group) is 1. The highest BCUT2D eigenvalue weighted by Crippen LogP contribution is 2.14. The third-order valence-electron chi connectivity index (χ3n) is 2.31. The average Bonchev–Trinajstić information content (AvgIpc) is 2.35. The van der Waals surface area contributed by atoms with Crippen LogP contribution in [0.25, 0.3) is 0 Å². The van der Waals surface area contributed by atoms with E-state index in [4.69, 9.17) is 4.74 Å². The third-order valence-corrected chi connectivity index (χ3v) is 4.15. The zero-order valence-corrected chi connectivity index (χ0v) is 11.0. The molecular formula is C10H17N3O3S. The van der Waals surface area contributed by atoms with Gasteiger partial charge in [0.2, 0.25) is 10.0 Å². The van der Waals surface area contributed by atoms with Crippen LogP contribution in [0.4, 0.5) is 5.82 Å². The molecule has 17 heavy (non-hydrogen) atoms. The molecule has 1 rings (SSSR count). The monoisotopic (exact) mass is 259 g/mol. The molecule has 96 valence electrons. The molecule has 1 N–H and O–H groups in total. The fraction of sp³-hybridized carbons (Fsp3) is 0.500. The van der Waals surface area contributed by atoms with Crippen LogP contribution in [0.1, 0.15) is 0 Å². The quantitative estimate of drug-likeness (QED) is 0.800. The minimum Gasteiger partial charge on any atom is -0.383 e. The van der Waals surface area contributed by atoms with Crippen LogP contribution in [-0.2, 0) is 14.8 Å². The Morgan fingerprint density at radius 1 is 1.47 bits per heavy atom. The van der Waals surface area contributed by atoms with Crippen LogP contribution < -0.4 is 5.32 Å². The molecule has 0 bridgehead atoms. The van der Waals surface area contributed by atoms with Crippen molar-refractivity contribution in [2.45, 2.75) is 4.90 Å². The molecule has 7 heteroatoms. The zero-order chi connectivity index (χ0) is 12.9. The number of sulfonamides is 1. The summed E-state index contributed by atoms with van der Waals surface area (Å²) in [5, 5.41) is 2.83. The molecule has 0 fully saturated rings. The van der Waals surface area contributed by atoms with Crippen LogP contribution in [-0.4, -0.2) is 52.1 Å². The number of nitrogens with one attached hydrogen (secondary N) is 1. The van der Waals surface area contributed by atoms with Crippen molar-refractivity contribution in [3.8, 4) is 0 Å². The van der Waals surface area contributed by atoms with E-state index in [1.807, 2.05) is 0 Å². The molecule has 0 amide bonds. The lowest BCUT2D eigenvalue weighted by Gasteiger charge is -2.16. The lowest BCUT2D eigenvalue weighted by molar-refractivity contribution is 0.185. The number of hydrogen-bond acceptors (Lipinski definition) is 5. The summed E-state index contributed by atoms with van der Waals surface area (Å²) in [4.78, 5) is 4.15. The van der Waals surface area contributed by atoms with Crippen molar-refractivity contribution < 1.29 is 13.2 Å². The Labute approximate surface area is 102 Å². The van der Waals surface area contributed by atoms with Crippen molar-refractivity contribution in [3.05, 3.63) is 18.3 Å². The highest BCUT2D eigenvalue weighted by Gasteiger charge is 2.20. The van der Waals surface area contributed by atoms with Crippen LogP contribution in [0.5, 0.6) is 0 Å². The number of hydrogen-bond donors (Lipinski definition) is 1. The number of rotatable bonds is 6. The smallest absolute Gasteiger partial charge is 0.244 e. The Morgan fingerprint density at radius 3 is 2.65 bits per heavy atom. The summed E-state index contributed by atoms with van der Waals surface area (Å²) < 4.78 is 30.2. The maximum atomic E-state index is 12.0. The molecule has 0 aromatic carbocycles. The van der Waals surface area contributed by atoms with Crippen molar-refractivity contribution >= 4 is 15.8 Å². The molecule has 0 spiro atoms. The van der Waals surface area contributed by atoms with Gasteiger partial charge in [-0.3, -0.25) is 0 Å². The first-order valence-electron chi connectivity index (χ1n) is 5.11. The second-order valence-electron chi connectivity index (χ2n) is 3.45. The first-order chi connectivity index (χ1) is 8.02. The first kappa shape index (κ1) is 13.9. The molecule has 1 aromatic heterocycles. The van der Waals surface area contributed by atoms with Crippen LogP contribution >= 0.6 is 0 Å². The molecule has 0 saturated heterocycles. The van der Waals surface area contributed by atoms with Gasteiger partial charge in [0.05, 0.1) is 6.61 Å². The van der Waals surface area contributed by atoms with Crippen molar-refractivity contribution in [1.82, 2.24) is 9.29 Å². The number of pyridine rings is 1. The molecular weight excluding hydrogens is 242 g/mol. The topological polar surface area (TPSA) is 71.5 Å². The summed E-state index contributed by atoms with van der Waals surface area (Å²) in [7, 11) is 1.30. The lowest BCUT2D eigenvalue weighted by atomic mass is 10.5. The van der Waals surface area contributed by atoms with E-state index < -0.39 is 10.0 Å². The number of aromatic nitrogens is 1. The molecule has 0 saturated carbocycles. The van der Waals surface area contributed by atoms with Gasteiger partial charge in [-0.2, -0.15) is 4.31 Å². The second kappa shape index (κ2) is 5.95. The predicted octanol–water partition coefficient (Wildman–Crippen LogP) is 0.390. The molecule has 0 aliphatic rings. The van der Waals surface area contributed by atoms with E-state index in [2.05, 4.69) is 10.3 Å². The molecule has 0 unspecified atom stereocenters. The summed E-state index contributed by atoms with van der Waals surface area (Å²) in [6.45, 7) is 0.671. The molecule has 0 atom stereocenters. The maximum absolute atomic E-state index is 12.0. The molecule has 6 nitrogen and oxygen atoms in total. The number of methoxy groups -OCH3 is 1. The van der Waals surface area contributed by atoms with Crippen molar-refractivity contribution in [1.29, 1.82) is 0 Å². The largest absolute Gasteiger partial charge is 0.383 e. The van der Waals surface area contributed by atoms with E-state index in [1.54, 1.807) is 13.1 Å². The predicted molar refractivity (Wildman–Crippen MR) is 65.5 cm³/mol. The molecule has 0 aliphatic heterocycles. The summed E-state index contributed by atoms with van der Waals surface area (Å²) in [5.41, 5.74) is 0. The fourth-order valence-electron chi connectivity index (χ4n) is 1.20. The molecule has 1 heterocycles. The average molecular weight is 259 g/mol. The van der Waals surface area contributed by atoms with Gasteiger partial charge < -0.3 is 10.1 Å². The van der Waals surface area contributed by atoms with Gasteiger partial charge >= 0.3 is 0 Å². The SMILES string of the molecule is CNc1ccc(S(=O)(=O)N(C)CCOC)cn1. The van der Waals surface area contributed by atoms with E-state index in [9.17, 15) is 8.42 Å². The number of ether oxygens (including phenoxy) is 1. The highest BCUT2D eigenvalue weighted by atomic mass is 32.2. The van der Waals surface area contributed by atoms with Crippen LogP contribution in [0.15, 0.2) is 23.2 Å². The number of nitrogens with zero attached hydrogens (tertiary/aromatic N) is 2. The van der Waals surface area contributed by atoms with Crippen molar-refractivity contribution in [3.63, 3.8) is 0 Å². The Bertz CT molecular complexity index is 444. The van der Waals surface area contributed by atoms with E-state index in [1.165, 1.54) is 30.7 Å². The normalized spacial score (nSPS) is 11.8. The Balaban J connectivity index is 2.88. The fourth-order valence-corrected chi connectivity index (χ4v) is 2.30. The highest BCUT2D eigenvalue weighted by molar-refractivity contribution is 7.89. The van der Waals surface area contributed by atoms with Gasteiger partial charge in [0.15, 0.2) is 0 Å². The van der Waals surface area contributed by atoms with Gasteiger partial charge in [-0.1, -0.05) is 0 Å². The van der Waals surface area contributed by atoms with Gasteiger partial charge in [-0.05, 0) is 12.1 Å². The van der Waals surface area contributed by atoms with Crippen molar-refractivity contribution in [2.75, 3.05) is 39.7 Å². The van der Waals surface area contributed by atoms with Gasteiger partial charge in [0.1, 0.15) is 10.7 Å². The van der Waals surface area contributed by atoms with Crippen molar-refractivity contribution in [2.24, 2.45) is 0 Å². The summed E-state index contributed by atoms with van der Waals surface area (Å²) in [6.07, 6.45) is 1.34. The summed E-state index contributed by atoms with van der Waals surface area (Å²) in [5.74, 6) is 0.628. The van der Waals surface area contributed by atoms with Crippen LogP contribution in [0.3, 0.4) is 0 Å². The first-order valence-corrected chi connectivity index (χ1v) is 6.55.